The zero-order valence-electron chi connectivity index (χ0n) is 9.47. The maximum atomic E-state index is 12.7. The number of amides is 1. The predicted molar refractivity (Wildman–Crippen MR) is 74.2 cm³/mol. The van der Waals surface area contributed by atoms with Crippen LogP contribution in [0.2, 0.25) is 0 Å². The van der Waals surface area contributed by atoms with Gasteiger partial charge in [0.15, 0.2) is 0 Å². The molecule has 0 aliphatic carbocycles. The van der Waals surface area contributed by atoms with E-state index >= 15 is 0 Å². The van der Waals surface area contributed by atoms with E-state index in [1.54, 1.807) is 12.1 Å². The van der Waals surface area contributed by atoms with Gasteiger partial charge in [-0.3, -0.25) is 4.79 Å². The van der Waals surface area contributed by atoms with E-state index in [0.717, 1.165) is 5.56 Å². The molecule has 1 N–H and O–H groups in total. The van der Waals surface area contributed by atoms with Crippen molar-refractivity contribution in [3.63, 3.8) is 0 Å². The number of benzene rings is 1. The molecule has 94 valence electrons. The zero-order chi connectivity index (χ0) is 12.9. The van der Waals surface area contributed by atoms with Crippen LogP contribution in [0, 0.1) is 5.82 Å². The summed E-state index contributed by atoms with van der Waals surface area (Å²) in [5.74, 6) is -0.363. The first-order valence-electron chi connectivity index (χ1n) is 5.16. The molecule has 0 unspecified atom stereocenters. The van der Waals surface area contributed by atoms with Gasteiger partial charge in [-0.05, 0) is 24.6 Å². The summed E-state index contributed by atoms with van der Waals surface area (Å²) < 4.78 is 12.7. The van der Waals surface area contributed by atoms with Crippen molar-refractivity contribution in [1.29, 1.82) is 0 Å². The largest absolute Gasteiger partial charge is 0.349 e. The Balaban J connectivity index is 2.58. The lowest BCUT2D eigenvalue weighted by molar-refractivity contribution is -0.121. The number of rotatable bonds is 5. The first kappa shape index (κ1) is 14.6. The van der Waals surface area contributed by atoms with E-state index < -0.39 is 0 Å². The second kappa shape index (κ2) is 6.50. The fourth-order valence-electron chi connectivity index (χ4n) is 1.27. The van der Waals surface area contributed by atoms with Gasteiger partial charge in [0.1, 0.15) is 5.82 Å². The van der Waals surface area contributed by atoms with Gasteiger partial charge in [-0.1, -0.05) is 44.0 Å². The Morgan fingerprint density at radius 3 is 2.29 bits per heavy atom. The minimum absolute atomic E-state index is 0.0713. The Bertz CT molecular complexity index is 377. The third-order valence-electron chi connectivity index (χ3n) is 2.31. The molecular weight excluding hydrogens is 353 g/mol. The second-order valence-corrected chi connectivity index (χ2v) is 5.30. The van der Waals surface area contributed by atoms with Crippen LogP contribution < -0.4 is 5.32 Å². The number of carbonyl (C=O) groups excluding carboxylic acids is 1. The average Bonchev–Trinajstić information content (AvgIpc) is 2.32. The van der Waals surface area contributed by atoms with Gasteiger partial charge in [-0.15, -0.1) is 0 Å². The van der Waals surface area contributed by atoms with Crippen molar-refractivity contribution in [2.45, 2.75) is 18.9 Å². The smallest absolute Gasteiger partial charge is 0.224 e. The van der Waals surface area contributed by atoms with Crippen molar-refractivity contribution < 1.29 is 9.18 Å². The number of alkyl halides is 2. The van der Waals surface area contributed by atoms with Gasteiger partial charge in [0, 0.05) is 10.7 Å². The number of nitrogens with one attached hydrogen (secondary N) is 1. The number of halogens is 3. The van der Waals surface area contributed by atoms with Gasteiger partial charge in [-0.2, -0.15) is 0 Å². The van der Waals surface area contributed by atoms with Gasteiger partial charge in [0.25, 0.3) is 0 Å². The van der Waals surface area contributed by atoms with Crippen LogP contribution in [0.4, 0.5) is 4.39 Å². The molecule has 0 spiro atoms. The minimum Gasteiger partial charge on any atom is -0.349 e. The summed E-state index contributed by atoms with van der Waals surface area (Å²) in [6.45, 7) is 1.94. The molecule has 0 atom stereocenters. The first-order valence-corrected chi connectivity index (χ1v) is 7.41. The fourth-order valence-corrected chi connectivity index (χ4v) is 2.48. The number of hydrogen-bond donors (Lipinski definition) is 1. The van der Waals surface area contributed by atoms with Crippen molar-refractivity contribution in [3.05, 3.63) is 35.6 Å². The van der Waals surface area contributed by atoms with Gasteiger partial charge < -0.3 is 5.32 Å². The number of carbonyl (C=O) groups is 1. The third kappa shape index (κ3) is 4.76. The maximum absolute atomic E-state index is 12.7. The normalized spacial score (nSPS) is 11.3. The molecule has 1 aromatic carbocycles. The minimum atomic E-state index is -0.308. The molecule has 1 aromatic rings. The van der Waals surface area contributed by atoms with E-state index in [-0.39, 0.29) is 23.7 Å². The van der Waals surface area contributed by atoms with Crippen LogP contribution in [0.3, 0.4) is 0 Å². The summed E-state index contributed by atoms with van der Waals surface area (Å²) in [6.07, 6.45) is 0.260. The Kier molecular flexibility index (Phi) is 5.59. The highest BCUT2D eigenvalue weighted by molar-refractivity contribution is 9.09. The van der Waals surface area contributed by atoms with Gasteiger partial charge in [-0.25, -0.2) is 4.39 Å². The maximum Gasteiger partial charge on any atom is 0.224 e. The highest BCUT2D eigenvalue weighted by Crippen LogP contribution is 2.12. The predicted octanol–water partition coefficient (Wildman–Crippen LogP) is 3.03. The van der Waals surface area contributed by atoms with Crippen molar-refractivity contribution in [1.82, 2.24) is 5.32 Å². The quantitative estimate of drug-likeness (QED) is 0.797. The molecule has 0 fully saturated rings. The Morgan fingerprint density at radius 1 is 1.29 bits per heavy atom. The third-order valence-corrected chi connectivity index (χ3v) is 4.78. The SMILES string of the molecule is CC(CBr)(CBr)NC(=O)Cc1ccc(F)cc1. The second-order valence-electron chi connectivity index (χ2n) is 4.18. The Morgan fingerprint density at radius 2 is 1.82 bits per heavy atom. The van der Waals surface area contributed by atoms with Crippen molar-refractivity contribution in [3.8, 4) is 0 Å². The molecule has 0 aliphatic heterocycles. The Hall–Kier alpha value is -0.420. The van der Waals surface area contributed by atoms with E-state index in [4.69, 9.17) is 0 Å². The van der Waals surface area contributed by atoms with Gasteiger partial charge in [0.05, 0.1) is 12.0 Å². The van der Waals surface area contributed by atoms with E-state index in [1.807, 2.05) is 6.92 Å². The van der Waals surface area contributed by atoms with Crippen LogP contribution in [0.15, 0.2) is 24.3 Å². The summed E-state index contributed by atoms with van der Waals surface area (Å²) in [5, 5.41) is 4.26. The molecule has 0 saturated carbocycles. The topological polar surface area (TPSA) is 29.1 Å². The average molecular weight is 367 g/mol. The number of hydrogen-bond acceptors (Lipinski definition) is 1. The Labute approximate surface area is 117 Å². The summed E-state index contributed by atoms with van der Waals surface area (Å²) >= 11 is 6.72. The molecule has 17 heavy (non-hydrogen) atoms. The molecule has 0 bridgehead atoms. The lowest BCUT2D eigenvalue weighted by Crippen LogP contribution is -2.49. The van der Waals surface area contributed by atoms with Crippen LogP contribution in [0.25, 0.3) is 0 Å². The van der Waals surface area contributed by atoms with E-state index in [1.165, 1.54) is 12.1 Å². The zero-order valence-corrected chi connectivity index (χ0v) is 12.6. The molecule has 0 saturated heterocycles. The molecular formula is C12H14Br2FNO. The summed E-state index contributed by atoms with van der Waals surface area (Å²) in [6, 6.07) is 5.95. The van der Waals surface area contributed by atoms with E-state index in [0.29, 0.717) is 10.7 Å². The monoisotopic (exact) mass is 365 g/mol. The molecule has 0 radical (unpaired) electrons. The summed E-state index contributed by atoms with van der Waals surface area (Å²) in [7, 11) is 0. The van der Waals surface area contributed by atoms with Crippen LogP contribution >= 0.6 is 31.9 Å². The molecule has 0 heterocycles. The van der Waals surface area contributed by atoms with Crippen LogP contribution in [-0.2, 0) is 11.2 Å². The molecule has 0 aliphatic rings. The lowest BCUT2D eigenvalue weighted by atomic mass is 10.1. The summed E-state index contributed by atoms with van der Waals surface area (Å²) in [5.41, 5.74) is 0.493. The molecule has 5 heteroatoms. The molecule has 0 aromatic heterocycles. The van der Waals surface area contributed by atoms with E-state index in [2.05, 4.69) is 37.2 Å². The van der Waals surface area contributed by atoms with Crippen molar-refractivity contribution >= 4 is 37.8 Å². The standard InChI is InChI=1S/C12H14Br2FNO/c1-12(7-13,8-14)16-11(17)6-9-2-4-10(15)5-3-9/h2-5H,6-8H2,1H3,(H,16,17). The molecule has 1 rings (SSSR count). The molecule has 1 amide bonds. The highest BCUT2D eigenvalue weighted by atomic mass is 79.9. The lowest BCUT2D eigenvalue weighted by Gasteiger charge is -2.26. The van der Waals surface area contributed by atoms with Crippen LogP contribution in [-0.4, -0.2) is 22.1 Å². The first-order chi connectivity index (χ1) is 7.99. The highest BCUT2D eigenvalue weighted by Gasteiger charge is 2.23. The van der Waals surface area contributed by atoms with E-state index in [9.17, 15) is 9.18 Å². The van der Waals surface area contributed by atoms with Crippen molar-refractivity contribution in [2.24, 2.45) is 0 Å². The fraction of sp³-hybridized carbons (Fsp3) is 0.417. The summed E-state index contributed by atoms with van der Waals surface area (Å²) in [4.78, 5) is 11.8. The van der Waals surface area contributed by atoms with Crippen molar-refractivity contribution in [2.75, 3.05) is 10.7 Å². The van der Waals surface area contributed by atoms with Gasteiger partial charge >= 0.3 is 0 Å². The van der Waals surface area contributed by atoms with Crippen LogP contribution in [0.1, 0.15) is 12.5 Å². The van der Waals surface area contributed by atoms with Crippen LogP contribution in [0.5, 0.6) is 0 Å². The molecule has 2 nitrogen and oxygen atoms in total. The van der Waals surface area contributed by atoms with Gasteiger partial charge in [0.2, 0.25) is 5.91 Å².